The molecular formula is C13H23NO4. The molecule has 1 amide bonds. The molecule has 1 atom stereocenters. The Bertz CT molecular complexity index is 287. The number of carbonyl (C=O) groups excluding carboxylic acids is 1. The van der Waals surface area contributed by atoms with E-state index in [1.807, 2.05) is 6.92 Å². The number of hydrogen-bond donors (Lipinski definition) is 1. The summed E-state index contributed by atoms with van der Waals surface area (Å²) in [5.41, 5.74) is 0. The minimum Gasteiger partial charge on any atom is -0.481 e. The van der Waals surface area contributed by atoms with Gasteiger partial charge in [-0.2, -0.15) is 0 Å². The van der Waals surface area contributed by atoms with Gasteiger partial charge in [0.05, 0.1) is 12.5 Å². The van der Waals surface area contributed by atoms with Crippen molar-refractivity contribution in [1.82, 2.24) is 4.90 Å². The van der Waals surface area contributed by atoms with Crippen LogP contribution in [0.4, 0.5) is 0 Å². The van der Waals surface area contributed by atoms with Gasteiger partial charge in [0, 0.05) is 13.6 Å². The average molecular weight is 257 g/mol. The molecule has 0 radical (unpaired) electrons. The Labute approximate surface area is 108 Å². The maximum atomic E-state index is 12.1. The lowest BCUT2D eigenvalue weighted by Crippen LogP contribution is -2.40. The lowest BCUT2D eigenvalue weighted by atomic mass is 10.2. The van der Waals surface area contributed by atoms with Crippen molar-refractivity contribution in [1.29, 1.82) is 0 Å². The van der Waals surface area contributed by atoms with Crippen LogP contribution in [0.15, 0.2) is 0 Å². The zero-order valence-electron chi connectivity index (χ0n) is 11.2. The summed E-state index contributed by atoms with van der Waals surface area (Å²) in [4.78, 5) is 24.0. The number of aliphatic carboxylic acids is 1. The van der Waals surface area contributed by atoms with Crippen LogP contribution in [0.1, 0.15) is 45.4 Å². The second-order valence-corrected chi connectivity index (χ2v) is 4.84. The van der Waals surface area contributed by atoms with Gasteiger partial charge in [-0.15, -0.1) is 0 Å². The van der Waals surface area contributed by atoms with Crippen LogP contribution in [-0.2, 0) is 14.3 Å². The highest BCUT2D eigenvalue weighted by atomic mass is 16.5. The van der Waals surface area contributed by atoms with Crippen molar-refractivity contribution >= 4 is 11.9 Å². The van der Waals surface area contributed by atoms with Crippen LogP contribution in [0.5, 0.6) is 0 Å². The van der Waals surface area contributed by atoms with E-state index in [4.69, 9.17) is 9.84 Å². The molecule has 0 aliphatic heterocycles. The molecule has 18 heavy (non-hydrogen) atoms. The molecule has 5 heteroatoms. The number of carboxylic acids is 1. The molecule has 0 aromatic rings. The predicted octanol–water partition coefficient (Wildman–Crippen LogP) is 1.66. The summed E-state index contributed by atoms with van der Waals surface area (Å²) in [7, 11) is 1.63. The molecule has 1 unspecified atom stereocenters. The van der Waals surface area contributed by atoms with Gasteiger partial charge in [0.1, 0.15) is 6.10 Å². The number of ether oxygens (including phenoxy) is 1. The highest BCUT2D eigenvalue weighted by molar-refractivity contribution is 5.81. The molecular weight excluding hydrogens is 234 g/mol. The van der Waals surface area contributed by atoms with Crippen LogP contribution in [0.3, 0.4) is 0 Å². The topological polar surface area (TPSA) is 66.8 Å². The zero-order valence-corrected chi connectivity index (χ0v) is 11.2. The third-order valence-electron chi connectivity index (χ3n) is 3.34. The Balaban J connectivity index is 2.41. The van der Waals surface area contributed by atoms with E-state index < -0.39 is 12.1 Å². The third kappa shape index (κ3) is 4.64. The van der Waals surface area contributed by atoms with Crippen molar-refractivity contribution in [2.75, 3.05) is 13.6 Å². The molecule has 0 aromatic carbocycles. The summed E-state index contributed by atoms with van der Waals surface area (Å²) in [5, 5.41) is 8.60. The summed E-state index contributed by atoms with van der Waals surface area (Å²) in [6.45, 7) is 2.15. The van der Waals surface area contributed by atoms with E-state index in [2.05, 4.69) is 0 Å². The normalized spacial score (nSPS) is 17.7. The molecule has 0 heterocycles. The molecule has 0 bridgehead atoms. The molecule has 1 N–H and O–H groups in total. The minimum absolute atomic E-state index is 0.0257. The third-order valence-corrected chi connectivity index (χ3v) is 3.34. The van der Waals surface area contributed by atoms with Crippen LogP contribution in [-0.4, -0.2) is 47.7 Å². The fraction of sp³-hybridized carbons (Fsp3) is 0.846. The number of hydrogen-bond acceptors (Lipinski definition) is 3. The van der Waals surface area contributed by atoms with Crippen LogP contribution in [0, 0.1) is 0 Å². The molecule has 0 saturated heterocycles. The van der Waals surface area contributed by atoms with Gasteiger partial charge in [0.15, 0.2) is 0 Å². The largest absolute Gasteiger partial charge is 0.481 e. The van der Waals surface area contributed by atoms with Gasteiger partial charge in [0.25, 0.3) is 5.91 Å². The first-order valence-corrected chi connectivity index (χ1v) is 6.66. The van der Waals surface area contributed by atoms with Crippen LogP contribution in [0.25, 0.3) is 0 Å². The fourth-order valence-electron chi connectivity index (χ4n) is 2.21. The number of likely N-dealkylation sites (N-methyl/N-ethyl adjacent to an activating group) is 1. The number of amides is 1. The Morgan fingerprint density at radius 1 is 1.39 bits per heavy atom. The summed E-state index contributed by atoms with van der Waals surface area (Å²) in [6, 6.07) is 0. The van der Waals surface area contributed by atoms with E-state index in [-0.39, 0.29) is 25.0 Å². The quantitative estimate of drug-likeness (QED) is 0.753. The van der Waals surface area contributed by atoms with Crippen molar-refractivity contribution in [3.8, 4) is 0 Å². The first-order valence-electron chi connectivity index (χ1n) is 6.66. The van der Waals surface area contributed by atoms with Crippen molar-refractivity contribution in [2.45, 2.75) is 57.7 Å². The van der Waals surface area contributed by atoms with Gasteiger partial charge in [-0.1, -0.05) is 19.8 Å². The summed E-state index contributed by atoms with van der Waals surface area (Å²) in [5.74, 6) is -0.995. The second-order valence-electron chi connectivity index (χ2n) is 4.84. The van der Waals surface area contributed by atoms with E-state index in [1.54, 1.807) is 7.05 Å². The van der Waals surface area contributed by atoms with E-state index >= 15 is 0 Å². The summed E-state index contributed by atoms with van der Waals surface area (Å²) >= 11 is 0. The summed E-state index contributed by atoms with van der Waals surface area (Å²) < 4.78 is 5.81. The van der Waals surface area contributed by atoms with E-state index in [1.165, 1.54) is 17.7 Å². The number of nitrogens with zero attached hydrogens (tertiary/aromatic N) is 1. The number of carbonyl (C=O) groups is 2. The molecule has 1 aliphatic carbocycles. The maximum absolute atomic E-state index is 12.1. The fourth-order valence-corrected chi connectivity index (χ4v) is 2.21. The molecule has 1 saturated carbocycles. The number of carboxylic acid groups (broad SMARTS) is 1. The van der Waals surface area contributed by atoms with E-state index in [9.17, 15) is 9.59 Å². The lowest BCUT2D eigenvalue weighted by molar-refractivity contribution is -0.147. The van der Waals surface area contributed by atoms with Gasteiger partial charge in [0.2, 0.25) is 0 Å². The minimum atomic E-state index is -0.889. The van der Waals surface area contributed by atoms with Crippen molar-refractivity contribution in [3.63, 3.8) is 0 Å². The van der Waals surface area contributed by atoms with Crippen LogP contribution < -0.4 is 0 Å². The van der Waals surface area contributed by atoms with E-state index in [0.717, 1.165) is 12.8 Å². The monoisotopic (exact) mass is 257 g/mol. The maximum Gasteiger partial charge on any atom is 0.305 e. The first-order chi connectivity index (χ1) is 8.54. The molecule has 1 rings (SSSR count). The smallest absolute Gasteiger partial charge is 0.305 e. The average Bonchev–Trinajstić information content (AvgIpc) is 2.84. The summed E-state index contributed by atoms with van der Waals surface area (Å²) in [6.07, 6.45) is 4.78. The molecule has 1 fully saturated rings. The van der Waals surface area contributed by atoms with Crippen molar-refractivity contribution in [2.24, 2.45) is 0 Å². The van der Waals surface area contributed by atoms with Gasteiger partial charge in [-0.3, -0.25) is 9.59 Å². The molecule has 104 valence electrons. The molecule has 0 aromatic heterocycles. The van der Waals surface area contributed by atoms with Crippen LogP contribution in [0.2, 0.25) is 0 Å². The lowest BCUT2D eigenvalue weighted by Gasteiger charge is -2.25. The Morgan fingerprint density at radius 2 is 2.00 bits per heavy atom. The Morgan fingerprint density at radius 3 is 2.50 bits per heavy atom. The van der Waals surface area contributed by atoms with Gasteiger partial charge in [-0.25, -0.2) is 0 Å². The second kappa shape index (κ2) is 7.36. The first kappa shape index (κ1) is 15.0. The van der Waals surface area contributed by atoms with Crippen LogP contribution >= 0.6 is 0 Å². The number of rotatable bonds is 7. The SMILES string of the molecule is CCC(OC1CCCC1)C(=O)N(C)CCC(=O)O. The standard InChI is InChI=1S/C13H23NO4/c1-3-11(18-10-6-4-5-7-10)13(17)14(2)9-8-12(15)16/h10-11H,3-9H2,1-2H3,(H,15,16). The van der Waals surface area contributed by atoms with E-state index in [0.29, 0.717) is 6.42 Å². The molecule has 1 aliphatic rings. The predicted molar refractivity (Wildman–Crippen MR) is 67.3 cm³/mol. The molecule has 5 nitrogen and oxygen atoms in total. The van der Waals surface area contributed by atoms with Gasteiger partial charge in [-0.05, 0) is 19.3 Å². The van der Waals surface area contributed by atoms with Gasteiger partial charge < -0.3 is 14.7 Å². The van der Waals surface area contributed by atoms with Crippen molar-refractivity contribution in [3.05, 3.63) is 0 Å². The molecule has 0 spiro atoms. The van der Waals surface area contributed by atoms with Gasteiger partial charge >= 0.3 is 5.97 Å². The Kier molecular flexibility index (Phi) is 6.12. The highest BCUT2D eigenvalue weighted by Crippen LogP contribution is 2.23. The highest BCUT2D eigenvalue weighted by Gasteiger charge is 2.26. The Hall–Kier alpha value is -1.10. The zero-order chi connectivity index (χ0) is 13.5. The van der Waals surface area contributed by atoms with Crippen molar-refractivity contribution < 1.29 is 19.4 Å².